The molecule has 0 fully saturated rings. The van der Waals surface area contributed by atoms with Crippen LogP contribution in [-0.4, -0.2) is 21.5 Å². The normalized spacial score (nSPS) is 10.1. The number of hydrogen-bond donors (Lipinski definition) is 0. The number of thioether (sulfide) groups is 2. The third-order valence-corrected chi connectivity index (χ3v) is 6.78. The molecule has 32 heavy (non-hydrogen) atoms. The molecule has 3 aromatic rings. The van der Waals surface area contributed by atoms with Crippen molar-refractivity contribution in [2.24, 2.45) is 0 Å². The summed E-state index contributed by atoms with van der Waals surface area (Å²) in [7, 11) is 0. The fourth-order valence-electron chi connectivity index (χ4n) is 2.87. The Kier molecular flexibility index (Phi) is 10.3. The van der Waals surface area contributed by atoms with Crippen molar-refractivity contribution in [1.29, 1.82) is 0 Å². The molecule has 162 valence electrons. The maximum atomic E-state index is 4.68. The van der Waals surface area contributed by atoms with Crippen LogP contribution in [0.3, 0.4) is 0 Å². The van der Waals surface area contributed by atoms with E-state index in [1.807, 2.05) is 72.1 Å². The molecule has 4 heteroatoms. The average molecular weight is 457 g/mol. The molecule has 0 N–H and O–H groups in total. The largest absolute Gasteiger partial charge is 0.243 e. The minimum atomic E-state index is 0.793. The lowest BCUT2D eigenvalue weighted by molar-refractivity contribution is 1.09. The fraction of sp³-hybridized carbons (Fsp3) is 0.286. The van der Waals surface area contributed by atoms with E-state index in [9.17, 15) is 0 Å². The standard InChI is InChI=1S/C28H28N2S2/c1-3-19-31-21-27-13-7-11-25(29-27)17-15-23-9-5-6-10-24(23)16-18-26-12-8-14-28(30-26)22-32-20-4-2/h5-14H,3-4,19-22H2,1-2H3. The van der Waals surface area contributed by atoms with E-state index in [2.05, 4.69) is 59.6 Å². The smallest absolute Gasteiger partial charge is 0.113 e. The van der Waals surface area contributed by atoms with Gasteiger partial charge in [0.2, 0.25) is 0 Å². The van der Waals surface area contributed by atoms with Crippen LogP contribution in [0.15, 0.2) is 60.7 Å². The van der Waals surface area contributed by atoms with Gasteiger partial charge in [-0.2, -0.15) is 23.5 Å². The van der Waals surface area contributed by atoms with Gasteiger partial charge in [-0.05, 0) is 72.6 Å². The van der Waals surface area contributed by atoms with Crippen LogP contribution >= 0.6 is 23.5 Å². The van der Waals surface area contributed by atoms with E-state index in [0.717, 1.165) is 56.9 Å². The van der Waals surface area contributed by atoms with Crippen LogP contribution in [-0.2, 0) is 11.5 Å². The molecule has 0 radical (unpaired) electrons. The molecule has 0 aliphatic carbocycles. The number of hydrogen-bond acceptors (Lipinski definition) is 4. The fourth-order valence-corrected chi connectivity index (χ4v) is 4.47. The second kappa shape index (κ2) is 13.7. The summed E-state index contributed by atoms with van der Waals surface area (Å²) in [5, 5.41) is 0. The second-order valence-electron chi connectivity index (χ2n) is 7.18. The summed E-state index contributed by atoms with van der Waals surface area (Å²) in [5.74, 6) is 17.1. The summed E-state index contributed by atoms with van der Waals surface area (Å²) >= 11 is 3.81. The molecule has 0 spiro atoms. The molecular formula is C28H28N2S2. The summed E-state index contributed by atoms with van der Waals surface area (Å²) in [6, 6.07) is 20.1. The zero-order valence-electron chi connectivity index (χ0n) is 18.7. The predicted molar refractivity (Wildman–Crippen MR) is 140 cm³/mol. The highest BCUT2D eigenvalue weighted by atomic mass is 32.2. The molecule has 0 unspecified atom stereocenters. The molecule has 0 atom stereocenters. The van der Waals surface area contributed by atoms with E-state index < -0.39 is 0 Å². The van der Waals surface area contributed by atoms with Crippen molar-refractivity contribution in [3.05, 3.63) is 94.6 Å². The molecule has 0 aliphatic rings. The van der Waals surface area contributed by atoms with Crippen LogP contribution in [0.5, 0.6) is 0 Å². The number of rotatable bonds is 8. The van der Waals surface area contributed by atoms with E-state index >= 15 is 0 Å². The molecule has 3 rings (SSSR count). The average Bonchev–Trinajstić information content (AvgIpc) is 2.83. The zero-order chi connectivity index (χ0) is 22.4. The lowest BCUT2D eigenvalue weighted by Gasteiger charge is -2.01. The maximum Gasteiger partial charge on any atom is 0.113 e. The van der Waals surface area contributed by atoms with E-state index in [1.54, 1.807) is 0 Å². The monoisotopic (exact) mass is 456 g/mol. The summed E-state index contributed by atoms with van der Waals surface area (Å²) < 4.78 is 0. The number of benzene rings is 1. The van der Waals surface area contributed by atoms with Crippen LogP contribution in [0, 0.1) is 23.7 Å². The maximum absolute atomic E-state index is 4.68. The molecule has 2 heterocycles. The summed E-state index contributed by atoms with van der Waals surface area (Å²) in [4.78, 5) is 9.36. The highest BCUT2D eigenvalue weighted by Crippen LogP contribution is 2.13. The van der Waals surface area contributed by atoms with Gasteiger partial charge in [-0.3, -0.25) is 0 Å². The van der Waals surface area contributed by atoms with Gasteiger partial charge in [-0.25, -0.2) is 9.97 Å². The molecule has 1 aromatic carbocycles. The Bertz CT molecular complexity index is 1040. The highest BCUT2D eigenvalue weighted by Gasteiger charge is 1.99. The van der Waals surface area contributed by atoms with Gasteiger partial charge < -0.3 is 0 Å². The summed E-state index contributed by atoms with van der Waals surface area (Å²) in [6.07, 6.45) is 2.36. The molecule has 0 saturated carbocycles. The Morgan fingerprint density at radius 2 is 1.06 bits per heavy atom. The zero-order valence-corrected chi connectivity index (χ0v) is 20.4. The van der Waals surface area contributed by atoms with Gasteiger partial charge in [-0.15, -0.1) is 0 Å². The van der Waals surface area contributed by atoms with E-state index in [1.165, 1.54) is 12.8 Å². The number of pyridine rings is 2. The molecule has 0 bridgehead atoms. The van der Waals surface area contributed by atoms with Gasteiger partial charge in [0.15, 0.2) is 0 Å². The third kappa shape index (κ3) is 8.12. The van der Waals surface area contributed by atoms with Crippen LogP contribution in [0.4, 0.5) is 0 Å². The minimum absolute atomic E-state index is 0.793. The van der Waals surface area contributed by atoms with Gasteiger partial charge in [0, 0.05) is 22.6 Å². The van der Waals surface area contributed by atoms with Crippen molar-refractivity contribution in [3.63, 3.8) is 0 Å². The van der Waals surface area contributed by atoms with Crippen LogP contribution in [0.2, 0.25) is 0 Å². The Balaban J connectivity index is 1.75. The Hall–Kier alpha value is -2.66. The first-order valence-electron chi connectivity index (χ1n) is 11.0. The minimum Gasteiger partial charge on any atom is -0.243 e. The van der Waals surface area contributed by atoms with Crippen molar-refractivity contribution in [2.75, 3.05) is 11.5 Å². The predicted octanol–water partition coefficient (Wildman–Crippen LogP) is 6.56. The van der Waals surface area contributed by atoms with Crippen LogP contribution < -0.4 is 0 Å². The topological polar surface area (TPSA) is 25.8 Å². The Morgan fingerprint density at radius 1 is 0.594 bits per heavy atom. The summed E-state index contributed by atoms with van der Waals surface area (Å²) in [5.41, 5.74) is 5.55. The van der Waals surface area contributed by atoms with Gasteiger partial charge in [0.05, 0.1) is 11.4 Å². The molecular weight excluding hydrogens is 428 g/mol. The summed E-state index contributed by atoms with van der Waals surface area (Å²) in [6.45, 7) is 4.39. The van der Waals surface area contributed by atoms with E-state index in [4.69, 9.17) is 0 Å². The molecule has 0 aliphatic heterocycles. The van der Waals surface area contributed by atoms with Crippen LogP contribution in [0.25, 0.3) is 0 Å². The lowest BCUT2D eigenvalue weighted by Crippen LogP contribution is -1.92. The van der Waals surface area contributed by atoms with E-state index in [-0.39, 0.29) is 0 Å². The quantitative estimate of drug-likeness (QED) is 0.283. The van der Waals surface area contributed by atoms with Gasteiger partial charge >= 0.3 is 0 Å². The molecule has 2 nitrogen and oxygen atoms in total. The lowest BCUT2D eigenvalue weighted by atomic mass is 10.1. The van der Waals surface area contributed by atoms with Gasteiger partial charge in [0.25, 0.3) is 0 Å². The molecule has 0 saturated heterocycles. The molecule has 2 aromatic heterocycles. The highest BCUT2D eigenvalue weighted by molar-refractivity contribution is 7.98. The van der Waals surface area contributed by atoms with Gasteiger partial charge in [-0.1, -0.05) is 50.0 Å². The van der Waals surface area contributed by atoms with Gasteiger partial charge in [0.1, 0.15) is 11.4 Å². The van der Waals surface area contributed by atoms with Crippen molar-refractivity contribution in [1.82, 2.24) is 9.97 Å². The van der Waals surface area contributed by atoms with Crippen molar-refractivity contribution < 1.29 is 0 Å². The first-order chi connectivity index (χ1) is 15.8. The van der Waals surface area contributed by atoms with Crippen molar-refractivity contribution in [3.8, 4) is 23.7 Å². The van der Waals surface area contributed by atoms with E-state index in [0.29, 0.717) is 0 Å². The first kappa shape index (κ1) is 24.0. The van der Waals surface area contributed by atoms with Crippen LogP contribution in [0.1, 0.15) is 60.6 Å². The first-order valence-corrected chi connectivity index (χ1v) is 13.3. The molecule has 0 amide bonds. The van der Waals surface area contributed by atoms with Crippen molar-refractivity contribution >= 4 is 23.5 Å². The second-order valence-corrected chi connectivity index (χ2v) is 9.39. The third-order valence-electron chi connectivity index (χ3n) is 4.39. The number of aromatic nitrogens is 2. The SMILES string of the molecule is CCCSCc1cccc(C#Cc2ccccc2C#Cc2cccc(CSCCC)n2)n1. The number of nitrogens with zero attached hydrogens (tertiary/aromatic N) is 2. The Morgan fingerprint density at radius 3 is 1.50 bits per heavy atom. The Labute approximate surface area is 201 Å². The van der Waals surface area contributed by atoms with Crippen molar-refractivity contribution in [2.45, 2.75) is 38.2 Å².